The largest absolute Gasteiger partial charge is 1.00 e. The Morgan fingerprint density at radius 2 is 1.22 bits per heavy atom. The van der Waals surface area contributed by atoms with Crippen LogP contribution in [0.25, 0.3) is 0 Å². The Hall–Kier alpha value is -0.620. The Morgan fingerprint density at radius 3 is 1.67 bits per heavy atom. The first kappa shape index (κ1) is 35.4. The summed E-state index contributed by atoms with van der Waals surface area (Å²) >= 11 is 0. The molecule has 0 saturated carbocycles. The van der Waals surface area contributed by atoms with Crippen molar-refractivity contribution in [2.24, 2.45) is 0 Å². The molecule has 0 amide bonds. The maximum atomic E-state index is 10.8. The summed E-state index contributed by atoms with van der Waals surface area (Å²) in [5.74, 6) is -1.25. The van der Waals surface area contributed by atoms with Gasteiger partial charge in [-0.25, -0.2) is 16.8 Å². The third kappa shape index (κ3) is 13.3. The molecule has 12 nitrogen and oxygen atoms in total. The molecule has 2 aromatic rings. The monoisotopic (exact) mass is 566 g/mol. The second kappa shape index (κ2) is 15.7. The maximum Gasteiger partial charge on any atom is 1.00 e. The molecule has 0 fully saturated rings. The average Bonchev–Trinajstić information content (AvgIpc) is 2.71. The number of ether oxygens (including phenoxy) is 1. The van der Waals surface area contributed by atoms with Crippen molar-refractivity contribution >= 4 is 20.8 Å². The van der Waals surface area contributed by atoms with Crippen LogP contribution in [0.1, 0.15) is 30.4 Å². The molecule has 190 valence electrons. The van der Waals surface area contributed by atoms with Gasteiger partial charge in [-0.3, -0.25) is 0 Å². The summed E-state index contributed by atoms with van der Waals surface area (Å²) in [4.78, 5) is 0. The summed E-state index contributed by atoms with van der Waals surface area (Å²) in [6.45, 7) is 0. The molecule has 0 aliphatic heterocycles. The zero-order chi connectivity index (χ0) is 25.5. The molecule has 0 saturated heterocycles. The van der Waals surface area contributed by atoms with Crippen LogP contribution >= 0.6 is 0 Å². The van der Waals surface area contributed by atoms with Crippen molar-refractivity contribution in [1.29, 1.82) is 0 Å². The minimum Gasteiger partial charge on any atom is -0.716 e. The van der Waals surface area contributed by atoms with Gasteiger partial charge in [0.05, 0.1) is 19.3 Å². The molecule has 2 unspecified atom stereocenters. The minimum atomic E-state index is -5.02. The van der Waals surface area contributed by atoms with E-state index in [0.29, 0.717) is 24.0 Å². The SMILES string of the molecule is COc1cc(CCC(O)CC(O)CCc2ccc(OS(=O)(=O)[O-])c(O)c2)ccc1OS(=O)(=O)[O-].[Na+].[Na+]. The molecule has 0 bridgehead atoms. The Morgan fingerprint density at radius 1 is 0.778 bits per heavy atom. The number of hydrogen-bond acceptors (Lipinski definition) is 12. The molecule has 3 N–H and O–H groups in total. The van der Waals surface area contributed by atoms with Gasteiger partial charge in [-0.2, -0.15) is 0 Å². The van der Waals surface area contributed by atoms with Crippen LogP contribution in [0.2, 0.25) is 0 Å². The molecule has 0 aliphatic carbocycles. The van der Waals surface area contributed by atoms with Crippen molar-refractivity contribution in [3.8, 4) is 23.0 Å². The molecule has 0 radical (unpaired) electrons. The van der Waals surface area contributed by atoms with E-state index in [1.807, 2.05) is 0 Å². The van der Waals surface area contributed by atoms with Gasteiger partial charge in [0.1, 0.15) is 0 Å². The maximum absolute atomic E-state index is 10.8. The number of benzene rings is 2. The summed E-state index contributed by atoms with van der Waals surface area (Å²) in [7, 11) is -8.69. The van der Waals surface area contributed by atoms with Gasteiger partial charge >= 0.3 is 59.1 Å². The van der Waals surface area contributed by atoms with Gasteiger partial charge in [-0.1, -0.05) is 12.1 Å². The fraction of sp³-hybridized carbons (Fsp3) is 0.400. The summed E-state index contributed by atoms with van der Waals surface area (Å²) in [5.41, 5.74) is 1.23. The summed E-state index contributed by atoms with van der Waals surface area (Å²) in [5, 5.41) is 30.2. The first-order valence-corrected chi connectivity index (χ1v) is 12.6. The van der Waals surface area contributed by atoms with Gasteiger partial charge in [0.25, 0.3) is 20.8 Å². The number of phenols is 1. The van der Waals surface area contributed by atoms with E-state index in [2.05, 4.69) is 8.37 Å². The van der Waals surface area contributed by atoms with Crippen molar-refractivity contribution in [3.63, 3.8) is 0 Å². The van der Waals surface area contributed by atoms with Crippen LogP contribution in [0.5, 0.6) is 23.0 Å². The van der Waals surface area contributed by atoms with E-state index in [1.165, 1.54) is 37.4 Å². The van der Waals surface area contributed by atoms with Gasteiger partial charge in [0.2, 0.25) is 0 Å². The standard InChI is InChI=1S/C20H26O12S2.2Na/c1-30-20-11-14(5-9-19(20)32-34(27,28)29)3-7-16(22)12-15(21)6-2-13-4-8-18(17(23)10-13)31-33(24,25)26;;/h4-5,8-11,15-16,21-23H,2-3,6-7,12H2,1H3,(H,24,25,26)(H,27,28,29);;/q;2*+1/p-2. The van der Waals surface area contributed by atoms with Gasteiger partial charge in [-0.05, 0) is 67.5 Å². The number of hydrogen-bond donors (Lipinski definition) is 3. The van der Waals surface area contributed by atoms with Crippen LogP contribution in [0, 0.1) is 0 Å². The predicted octanol–water partition coefficient (Wildman–Crippen LogP) is -5.24. The second-order valence-electron chi connectivity index (χ2n) is 7.39. The van der Waals surface area contributed by atoms with Gasteiger partial charge < -0.3 is 37.5 Å². The average molecular weight is 567 g/mol. The van der Waals surface area contributed by atoms with E-state index in [-0.39, 0.29) is 89.9 Å². The number of phenolic OH excluding ortho intramolecular Hbond substituents is 1. The summed E-state index contributed by atoms with van der Waals surface area (Å²) < 4.78 is 77.5. The molecular formula is C20H24Na2O12S2. The predicted molar refractivity (Wildman–Crippen MR) is 115 cm³/mol. The van der Waals surface area contributed by atoms with Crippen LogP contribution in [0.4, 0.5) is 0 Å². The molecular weight excluding hydrogens is 542 g/mol. The van der Waals surface area contributed by atoms with Crippen molar-refractivity contribution in [2.75, 3.05) is 7.11 Å². The summed E-state index contributed by atoms with van der Waals surface area (Å²) in [6.07, 6.45) is -0.488. The smallest absolute Gasteiger partial charge is 0.716 e. The third-order valence-corrected chi connectivity index (χ3v) is 5.48. The Kier molecular flexibility index (Phi) is 15.4. The zero-order valence-corrected chi connectivity index (χ0v) is 25.6. The molecule has 2 rings (SSSR count). The number of aliphatic hydroxyl groups excluding tert-OH is 2. The van der Waals surface area contributed by atoms with Gasteiger partial charge in [-0.15, -0.1) is 0 Å². The molecule has 0 aromatic heterocycles. The van der Waals surface area contributed by atoms with Crippen LogP contribution < -0.4 is 72.2 Å². The van der Waals surface area contributed by atoms with Crippen molar-refractivity contribution in [2.45, 2.75) is 44.3 Å². The van der Waals surface area contributed by atoms with Crippen LogP contribution in [-0.4, -0.2) is 60.6 Å². The number of aryl methyl sites for hydroxylation is 2. The van der Waals surface area contributed by atoms with Crippen molar-refractivity contribution in [3.05, 3.63) is 47.5 Å². The number of methoxy groups -OCH3 is 1. The Bertz CT molecular complexity index is 1190. The first-order chi connectivity index (χ1) is 15.8. The molecule has 0 heterocycles. The van der Waals surface area contributed by atoms with E-state index in [0.717, 1.165) is 6.07 Å². The number of rotatable bonds is 13. The topological polar surface area (TPSA) is 203 Å². The molecule has 0 aliphatic rings. The summed E-state index contributed by atoms with van der Waals surface area (Å²) in [6, 6.07) is 8.03. The zero-order valence-electron chi connectivity index (χ0n) is 20.0. The quantitative estimate of drug-likeness (QED) is 0.118. The third-order valence-electron chi connectivity index (χ3n) is 4.71. The Balaban J connectivity index is 0.00000612. The number of aromatic hydroxyl groups is 1. The second-order valence-corrected chi connectivity index (χ2v) is 9.36. The van der Waals surface area contributed by atoms with Gasteiger partial charge in [0.15, 0.2) is 23.0 Å². The van der Waals surface area contributed by atoms with E-state index in [4.69, 9.17) is 4.74 Å². The van der Waals surface area contributed by atoms with E-state index in [9.17, 15) is 41.3 Å². The molecule has 2 atom stereocenters. The van der Waals surface area contributed by atoms with E-state index >= 15 is 0 Å². The Labute approximate surface area is 254 Å². The first-order valence-electron chi connectivity index (χ1n) is 9.91. The van der Waals surface area contributed by atoms with E-state index < -0.39 is 44.5 Å². The van der Waals surface area contributed by atoms with Gasteiger partial charge in [0, 0.05) is 0 Å². The van der Waals surface area contributed by atoms with Crippen molar-refractivity contribution < 1.29 is 113 Å². The normalized spacial score (nSPS) is 13.0. The molecule has 0 spiro atoms. The molecule has 16 heteroatoms. The minimum absolute atomic E-state index is 0. The molecule has 2 aromatic carbocycles. The van der Waals surface area contributed by atoms with Crippen LogP contribution in [-0.2, 0) is 33.6 Å². The van der Waals surface area contributed by atoms with Crippen LogP contribution in [0.15, 0.2) is 36.4 Å². The fourth-order valence-electron chi connectivity index (χ4n) is 3.16. The van der Waals surface area contributed by atoms with E-state index in [1.54, 1.807) is 0 Å². The number of aliphatic hydroxyl groups is 2. The van der Waals surface area contributed by atoms with Crippen molar-refractivity contribution in [1.82, 2.24) is 0 Å². The fourth-order valence-corrected chi connectivity index (χ4v) is 3.88. The van der Waals surface area contributed by atoms with Crippen LogP contribution in [0.3, 0.4) is 0 Å². The molecule has 36 heavy (non-hydrogen) atoms.